The van der Waals surface area contributed by atoms with Gasteiger partial charge in [-0.05, 0) is 70.6 Å². The maximum atomic E-state index is 2.50. The van der Waals surface area contributed by atoms with Gasteiger partial charge in [0.15, 0.2) is 0 Å². The maximum absolute atomic E-state index is 2.50. The van der Waals surface area contributed by atoms with Crippen molar-refractivity contribution in [3.63, 3.8) is 0 Å². The van der Waals surface area contributed by atoms with Crippen LogP contribution in [0.2, 0.25) is 0 Å². The minimum absolute atomic E-state index is 0.376. The van der Waals surface area contributed by atoms with E-state index in [4.69, 9.17) is 0 Å². The molecule has 7 aromatic rings. The van der Waals surface area contributed by atoms with Crippen LogP contribution in [0.3, 0.4) is 0 Å². The van der Waals surface area contributed by atoms with E-state index in [2.05, 4.69) is 141 Å². The third-order valence-electron chi connectivity index (χ3n) is 9.22. The molecule has 2 nitrogen and oxygen atoms in total. The number of anilines is 1. The lowest BCUT2D eigenvalue weighted by molar-refractivity contribution is 0.716. The zero-order chi connectivity index (χ0) is 27.1. The number of hydrogen-bond acceptors (Lipinski definition) is 1. The topological polar surface area (TPSA) is 8.17 Å². The highest BCUT2D eigenvalue weighted by Crippen LogP contribution is 2.46. The molecule has 1 aliphatic rings. The molecule has 0 bridgehead atoms. The zero-order valence-corrected chi connectivity index (χ0v) is 23.5. The molecule has 0 saturated heterocycles. The lowest BCUT2D eigenvalue weighted by Gasteiger charge is -2.24. The van der Waals surface area contributed by atoms with Gasteiger partial charge in [-0.1, -0.05) is 102 Å². The first-order chi connectivity index (χ1) is 19.5. The fraction of sp³-hybridized carbons (Fsp3) is 0.158. The number of benzene rings is 6. The molecule has 0 fully saturated rings. The van der Waals surface area contributed by atoms with Gasteiger partial charge in [0.1, 0.15) is 0 Å². The molecule has 2 heteroatoms. The van der Waals surface area contributed by atoms with Gasteiger partial charge in [-0.15, -0.1) is 0 Å². The van der Waals surface area contributed by atoms with Crippen LogP contribution in [-0.2, 0) is 13.5 Å². The molecule has 1 aliphatic heterocycles. The molecule has 6 aromatic carbocycles. The van der Waals surface area contributed by atoms with Crippen LogP contribution in [0.15, 0.2) is 103 Å². The molecule has 1 unspecified atom stereocenters. The maximum Gasteiger partial charge on any atom is 0.0580 e. The summed E-state index contributed by atoms with van der Waals surface area (Å²) in [5, 5.41) is 9.24. The van der Waals surface area contributed by atoms with E-state index in [0.717, 1.165) is 6.42 Å². The van der Waals surface area contributed by atoms with E-state index in [1.54, 1.807) is 0 Å². The molecular weight excluding hydrogens is 484 g/mol. The summed E-state index contributed by atoms with van der Waals surface area (Å²) in [5.74, 6) is 0. The predicted molar refractivity (Wildman–Crippen MR) is 172 cm³/mol. The molecule has 0 N–H and O–H groups in total. The lowest BCUT2D eigenvalue weighted by Crippen LogP contribution is -2.19. The van der Waals surface area contributed by atoms with Gasteiger partial charge in [0, 0.05) is 41.6 Å². The van der Waals surface area contributed by atoms with Gasteiger partial charge >= 0.3 is 0 Å². The number of nitrogens with zero attached hydrogens (tertiary/aromatic N) is 2. The number of aryl methyl sites for hydroxylation is 3. The SMILES string of the molecule is Cc1cccc(-c2cc3ccc4c5ccc6c7c(ccc6c5ccc4c3n2C)CC(c2cccc(C)c2)N7C)c1. The summed E-state index contributed by atoms with van der Waals surface area (Å²) in [4.78, 5) is 2.50. The van der Waals surface area contributed by atoms with Crippen molar-refractivity contribution in [2.24, 2.45) is 7.05 Å². The first kappa shape index (κ1) is 23.3. The molecule has 8 rings (SSSR count). The predicted octanol–water partition coefficient (Wildman–Crippen LogP) is 9.66. The van der Waals surface area contributed by atoms with Crippen molar-refractivity contribution in [1.29, 1.82) is 0 Å². The summed E-state index contributed by atoms with van der Waals surface area (Å²) in [7, 11) is 4.47. The summed E-state index contributed by atoms with van der Waals surface area (Å²) in [6, 6.07) is 39.2. The van der Waals surface area contributed by atoms with E-state index in [-0.39, 0.29) is 0 Å². The Balaban J connectivity index is 1.31. The van der Waals surface area contributed by atoms with E-state index in [0.29, 0.717) is 6.04 Å². The molecule has 0 radical (unpaired) electrons. The smallest absolute Gasteiger partial charge is 0.0580 e. The van der Waals surface area contributed by atoms with Gasteiger partial charge in [0.2, 0.25) is 0 Å². The molecule has 0 spiro atoms. The van der Waals surface area contributed by atoms with Gasteiger partial charge in [-0.3, -0.25) is 0 Å². The van der Waals surface area contributed by atoms with E-state index in [1.165, 1.54) is 82.4 Å². The summed E-state index contributed by atoms with van der Waals surface area (Å²) in [5.41, 5.74) is 10.6. The fourth-order valence-corrected chi connectivity index (χ4v) is 7.31. The largest absolute Gasteiger partial charge is 0.366 e. The number of aromatic nitrogens is 1. The van der Waals surface area contributed by atoms with Crippen molar-refractivity contribution in [3.8, 4) is 11.3 Å². The van der Waals surface area contributed by atoms with E-state index < -0.39 is 0 Å². The number of rotatable bonds is 2. The monoisotopic (exact) mass is 516 g/mol. The van der Waals surface area contributed by atoms with Gasteiger partial charge in [0.25, 0.3) is 0 Å². The van der Waals surface area contributed by atoms with Crippen LogP contribution in [0.4, 0.5) is 5.69 Å². The van der Waals surface area contributed by atoms with E-state index in [1.807, 2.05) is 0 Å². The Labute approximate surface area is 235 Å². The van der Waals surface area contributed by atoms with E-state index >= 15 is 0 Å². The molecule has 1 aromatic heterocycles. The minimum Gasteiger partial charge on any atom is -0.366 e. The lowest BCUT2D eigenvalue weighted by atomic mass is 9.94. The first-order valence-electron chi connectivity index (χ1n) is 14.2. The van der Waals surface area contributed by atoms with Crippen LogP contribution in [0.25, 0.3) is 54.5 Å². The highest BCUT2D eigenvalue weighted by Gasteiger charge is 2.29. The second-order valence-corrected chi connectivity index (χ2v) is 11.7. The second-order valence-electron chi connectivity index (χ2n) is 11.7. The molecule has 2 heterocycles. The van der Waals surface area contributed by atoms with Crippen LogP contribution in [0.1, 0.15) is 28.3 Å². The Morgan fingerprint density at radius 3 is 2.00 bits per heavy atom. The minimum atomic E-state index is 0.376. The van der Waals surface area contributed by atoms with Crippen LogP contribution < -0.4 is 4.90 Å². The standard InChI is InChI=1S/C38H32N2/c1-23-7-5-9-25(19-23)35-21-27-11-13-31-29-16-18-34-32(30(29)15-17-33(31)37(27)39(35)3)14-12-28-22-36(40(4)38(28)34)26-10-6-8-24(2)20-26/h5-21,36H,22H2,1-4H3. The van der Waals surface area contributed by atoms with Gasteiger partial charge in [-0.2, -0.15) is 0 Å². The molecular formula is C38H32N2. The molecule has 0 aliphatic carbocycles. The number of likely N-dealkylation sites (N-methyl/N-ethyl adjacent to an activating group) is 1. The average Bonchev–Trinajstić information content (AvgIpc) is 3.49. The van der Waals surface area contributed by atoms with Gasteiger partial charge in [-0.25, -0.2) is 0 Å². The molecule has 40 heavy (non-hydrogen) atoms. The Hall–Kier alpha value is -4.56. The van der Waals surface area contributed by atoms with E-state index in [9.17, 15) is 0 Å². The fourth-order valence-electron chi connectivity index (χ4n) is 7.31. The Bertz CT molecular complexity index is 2150. The number of fused-ring (bicyclic) bond motifs is 9. The second kappa shape index (κ2) is 8.47. The molecule has 194 valence electrons. The van der Waals surface area contributed by atoms with Crippen LogP contribution in [0, 0.1) is 13.8 Å². The van der Waals surface area contributed by atoms with Crippen molar-refractivity contribution >= 4 is 48.9 Å². The highest BCUT2D eigenvalue weighted by molar-refractivity contribution is 6.23. The number of hydrogen-bond donors (Lipinski definition) is 0. The summed E-state index contributed by atoms with van der Waals surface area (Å²) in [6.07, 6.45) is 1.05. The first-order valence-corrected chi connectivity index (χ1v) is 14.2. The Morgan fingerprint density at radius 2 is 1.23 bits per heavy atom. The summed E-state index contributed by atoms with van der Waals surface area (Å²) >= 11 is 0. The molecule has 0 saturated carbocycles. The normalized spacial score (nSPS) is 15.1. The van der Waals surface area contributed by atoms with Crippen molar-refractivity contribution in [2.45, 2.75) is 26.3 Å². The quantitative estimate of drug-likeness (QED) is 0.208. The van der Waals surface area contributed by atoms with Crippen molar-refractivity contribution in [2.75, 3.05) is 11.9 Å². The zero-order valence-electron chi connectivity index (χ0n) is 23.5. The summed E-state index contributed by atoms with van der Waals surface area (Å²) < 4.78 is 2.37. The molecule has 1 atom stereocenters. The van der Waals surface area contributed by atoms with Crippen LogP contribution in [0.5, 0.6) is 0 Å². The van der Waals surface area contributed by atoms with Gasteiger partial charge < -0.3 is 9.47 Å². The highest BCUT2D eigenvalue weighted by atomic mass is 15.2. The average molecular weight is 517 g/mol. The van der Waals surface area contributed by atoms with Crippen molar-refractivity contribution < 1.29 is 0 Å². The Kier molecular flexibility index (Phi) is 4.94. The van der Waals surface area contributed by atoms with Gasteiger partial charge in [0.05, 0.1) is 11.6 Å². The summed E-state index contributed by atoms with van der Waals surface area (Å²) in [6.45, 7) is 4.35. The van der Waals surface area contributed by atoms with Crippen molar-refractivity contribution in [1.82, 2.24) is 4.57 Å². The third kappa shape index (κ3) is 3.29. The van der Waals surface area contributed by atoms with Crippen molar-refractivity contribution in [3.05, 3.63) is 125 Å². The third-order valence-corrected chi connectivity index (χ3v) is 9.22. The Morgan fingerprint density at radius 1 is 0.600 bits per heavy atom. The molecule has 0 amide bonds. The van der Waals surface area contributed by atoms with Crippen LogP contribution in [-0.4, -0.2) is 11.6 Å². The van der Waals surface area contributed by atoms with Crippen LogP contribution >= 0.6 is 0 Å².